The Morgan fingerprint density at radius 1 is 0.963 bits per heavy atom. The summed E-state index contributed by atoms with van der Waals surface area (Å²) in [5, 5.41) is 19.2. The molecule has 132 valence electrons. The SMILES string of the molecule is N#Cc1ccc(Oc2ccc3c4c(cccc24)C(=O)N(CCO)C3=O)cc1. The Hall–Kier alpha value is -3.69. The normalized spacial score (nSPS) is 13.0. The number of benzene rings is 3. The lowest BCUT2D eigenvalue weighted by Crippen LogP contribution is -2.41. The average Bonchev–Trinajstić information content (AvgIpc) is 2.70. The number of β-amino-alcohol motifs (C(OH)–C–C–N with tert-alkyl or cyclic N) is 1. The highest BCUT2D eigenvalue weighted by Gasteiger charge is 2.33. The highest BCUT2D eigenvalue weighted by Crippen LogP contribution is 2.37. The molecule has 2 amide bonds. The van der Waals surface area contributed by atoms with Crippen LogP contribution in [0.3, 0.4) is 0 Å². The molecule has 0 spiro atoms. The van der Waals surface area contributed by atoms with Gasteiger partial charge in [-0.25, -0.2) is 0 Å². The van der Waals surface area contributed by atoms with Crippen LogP contribution in [0.5, 0.6) is 11.5 Å². The van der Waals surface area contributed by atoms with E-state index in [1.807, 2.05) is 6.07 Å². The van der Waals surface area contributed by atoms with E-state index in [9.17, 15) is 9.59 Å². The van der Waals surface area contributed by atoms with Crippen molar-refractivity contribution in [2.45, 2.75) is 0 Å². The molecule has 0 unspecified atom stereocenters. The third-order valence-electron chi connectivity index (χ3n) is 4.49. The first kappa shape index (κ1) is 16.8. The van der Waals surface area contributed by atoms with Crippen LogP contribution in [0.15, 0.2) is 54.6 Å². The van der Waals surface area contributed by atoms with Crippen LogP contribution in [0.1, 0.15) is 26.3 Å². The van der Waals surface area contributed by atoms with Crippen LogP contribution in [0.25, 0.3) is 10.8 Å². The lowest BCUT2D eigenvalue weighted by Gasteiger charge is -2.27. The van der Waals surface area contributed by atoms with Gasteiger partial charge < -0.3 is 9.84 Å². The zero-order chi connectivity index (χ0) is 19.0. The van der Waals surface area contributed by atoms with Gasteiger partial charge in [0.25, 0.3) is 11.8 Å². The molecular formula is C21H14N2O4. The first-order valence-electron chi connectivity index (χ1n) is 8.35. The van der Waals surface area contributed by atoms with Crippen LogP contribution >= 0.6 is 0 Å². The van der Waals surface area contributed by atoms with Gasteiger partial charge in [-0.15, -0.1) is 0 Å². The van der Waals surface area contributed by atoms with Crippen LogP contribution in [0, 0.1) is 11.3 Å². The van der Waals surface area contributed by atoms with E-state index < -0.39 is 11.8 Å². The Balaban J connectivity index is 1.82. The van der Waals surface area contributed by atoms with Crippen molar-refractivity contribution in [3.05, 3.63) is 71.3 Å². The van der Waals surface area contributed by atoms with Gasteiger partial charge in [-0.05, 0) is 42.5 Å². The van der Waals surface area contributed by atoms with Gasteiger partial charge in [0.2, 0.25) is 0 Å². The Morgan fingerprint density at radius 2 is 1.67 bits per heavy atom. The van der Waals surface area contributed by atoms with E-state index in [1.54, 1.807) is 54.6 Å². The highest BCUT2D eigenvalue weighted by molar-refractivity contribution is 6.26. The number of nitrogens with zero attached hydrogens (tertiary/aromatic N) is 2. The Kier molecular flexibility index (Phi) is 4.07. The van der Waals surface area contributed by atoms with Gasteiger partial charge in [-0.1, -0.05) is 12.1 Å². The molecule has 0 fully saturated rings. The van der Waals surface area contributed by atoms with Crippen molar-refractivity contribution >= 4 is 22.6 Å². The largest absolute Gasteiger partial charge is 0.457 e. The predicted molar refractivity (Wildman–Crippen MR) is 97.6 cm³/mol. The number of carbonyl (C=O) groups excluding carboxylic acids is 2. The van der Waals surface area contributed by atoms with E-state index in [2.05, 4.69) is 0 Å². The maximum atomic E-state index is 12.7. The lowest BCUT2D eigenvalue weighted by molar-refractivity contribution is 0.0580. The number of ether oxygens (including phenoxy) is 1. The smallest absolute Gasteiger partial charge is 0.261 e. The van der Waals surface area contributed by atoms with E-state index in [0.717, 1.165) is 4.90 Å². The number of hydrogen-bond acceptors (Lipinski definition) is 5. The van der Waals surface area contributed by atoms with Crippen molar-refractivity contribution < 1.29 is 19.4 Å². The molecule has 0 aromatic heterocycles. The summed E-state index contributed by atoms with van der Waals surface area (Å²) in [6.07, 6.45) is 0. The maximum Gasteiger partial charge on any atom is 0.261 e. The lowest BCUT2D eigenvalue weighted by atomic mass is 9.93. The molecule has 0 aliphatic carbocycles. The molecule has 6 nitrogen and oxygen atoms in total. The Bertz CT molecular complexity index is 1090. The summed E-state index contributed by atoms with van der Waals surface area (Å²) in [5.74, 6) is 0.201. The molecule has 0 saturated heterocycles. The second kappa shape index (κ2) is 6.56. The number of nitriles is 1. The third kappa shape index (κ3) is 2.71. The summed E-state index contributed by atoms with van der Waals surface area (Å²) in [6, 6.07) is 17.2. The summed E-state index contributed by atoms with van der Waals surface area (Å²) in [6.45, 7) is -0.334. The topological polar surface area (TPSA) is 90.6 Å². The molecule has 1 aliphatic heterocycles. The van der Waals surface area contributed by atoms with Crippen LogP contribution in [0.4, 0.5) is 0 Å². The number of carbonyl (C=O) groups is 2. The van der Waals surface area contributed by atoms with Crippen LogP contribution in [0.2, 0.25) is 0 Å². The minimum Gasteiger partial charge on any atom is -0.457 e. The van der Waals surface area contributed by atoms with Gasteiger partial charge in [0.1, 0.15) is 11.5 Å². The van der Waals surface area contributed by atoms with Crippen LogP contribution in [-0.2, 0) is 0 Å². The summed E-state index contributed by atoms with van der Waals surface area (Å²) in [7, 11) is 0. The van der Waals surface area contributed by atoms with Gasteiger partial charge in [0.05, 0.1) is 24.8 Å². The number of aliphatic hydroxyl groups excluding tert-OH is 1. The van der Waals surface area contributed by atoms with Crippen LogP contribution < -0.4 is 4.74 Å². The van der Waals surface area contributed by atoms with E-state index >= 15 is 0 Å². The van der Waals surface area contributed by atoms with Gasteiger partial charge in [0, 0.05) is 21.9 Å². The van der Waals surface area contributed by atoms with E-state index in [4.69, 9.17) is 15.1 Å². The molecule has 0 radical (unpaired) electrons. The minimum absolute atomic E-state index is 0.0447. The first-order valence-corrected chi connectivity index (χ1v) is 8.35. The molecule has 27 heavy (non-hydrogen) atoms. The summed E-state index contributed by atoms with van der Waals surface area (Å²) in [5.41, 5.74) is 1.33. The second-order valence-electron chi connectivity index (χ2n) is 6.06. The van der Waals surface area contributed by atoms with Crippen molar-refractivity contribution in [1.29, 1.82) is 5.26 Å². The van der Waals surface area contributed by atoms with Crippen molar-refractivity contribution in [3.63, 3.8) is 0 Å². The highest BCUT2D eigenvalue weighted by atomic mass is 16.5. The third-order valence-corrected chi connectivity index (χ3v) is 4.49. The predicted octanol–water partition coefficient (Wildman–Crippen LogP) is 3.09. The number of amides is 2. The first-order chi connectivity index (χ1) is 13.1. The minimum atomic E-state index is -0.428. The van der Waals surface area contributed by atoms with Gasteiger partial charge in [-0.2, -0.15) is 5.26 Å². The standard InChI is InChI=1S/C21H14N2O4/c22-12-13-4-6-14(7-5-13)27-18-9-8-17-19-15(18)2-1-3-16(19)20(25)23(10-11-24)21(17)26/h1-9,24H,10-11H2. The zero-order valence-electron chi connectivity index (χ0n) is 14.2. The number of rotatable bonds is 4. The van der Waals surface area contributed by atoms with E-state index in [-0.39, 0.29) is 13.2 Å². The molecule has 4 rings (SSSR count). The van der Waals surface area contributed by atoms with E-state index in [1.165, 1.54) is 0 Å². The molecule has 3 aromatic carbocycles. The van der Waals surface area contributed by atoms with E-state index in [0.29, 0.717) is 39.0 Å². The van der Waals surface area contributed by atoms with Crippen LogP contribution in [-0.4, -0.2) is 35.0 Å². The summed E-state index contributed by atoms with van der Waals surface area (Å²) >= 11 is 0. The maximum absolute atomic E-state index is 12.7. The molecule has 0 bridgehead atoms. The molecule has 0 atom stereocenters. The molecule has 1 aliphatic rings. The van der Waals surface area contributed by atoms with Crippen molar-refractivity contribution in [1.82, 2.24) is 4.90 Å². The molecule has 1 heterocycles. The zero-order valence-corrected chi connectivity index (χ0v) is 14.2. The fourth-order valence-electron chi connectivity index (χ4n) is 3.24. The average molecular weight is 358 g/mol. The monoisotopic (exact) mass is 358 g/mol. The van der Waals surface area contributed by atoms with Crippen molar-refractivity contribution in [2.24, 2.45) is 0 Å². The molecule has 3 aromatic rings. The van der Waals surface area contributed by atoms with Gasteiger partial charge in [-0.3, -0.25) is 14.5 Å². The fraction of sp³-hybridized carbons (Fsp3) is 0.0952. The number of hydrogen-bond donors (Lipinski definition) is 1. The fourth-order valence-corrected chi connectivity index (χ4v) is 3.24. The second-order valence-corrected chi connectivity index (χ2v) is 6.06. The summed E-state index contributed by atoms with van der Waals surface area (Å²) < 4.78 is 5.93. The van der Waals surface area contributed by atoms with Gasteiger partial charge >= 0.3 is 0 Å². The number of aliphatic hydroxyl groups is 1. The van der Waals surface area contributed by atoms with Crippen molar-refractivity contribution in [2.75, 3.05) is 13.2 Å². The Morgan fingerprint density at radius 3 is 2.33 bits per heavy atom. The molecule has 6 heteroatoms. The van der Waals surface area contributed by atoms with Gasteiger partial charge in [0.15, 0.2) is 0 Å². The molecule has 1 N–H and O–H groups in total. The summed E-state index contributed by atoms with van der Waals surface area (Å²) in [4.78, 5) is 26.4. The molecule has 0 saturated carbocycles. The number of imide groups is 1. The Labute approximate surface area is 154 Å². The van der Waals surface area contributed by atoms with Crippen molar-refractivity contribution in [3.8, 4) is 17.6 Å². The quantitative estimate of drug-likeness (QED) is 0.724. The molecular weight excluding hydrogens is 344 g/mol.